The first kappa shape index (κ1) is 23.1. The molecule has 0 heterocycles. The van der Waals surface area contributed by atoms with E-state index >= 15 is 0 Å². The lowest BCUT2D eigenvalue weighted by Gasteiger charge is -2.17. The molecule has 0 aliphatic heterocycles. The van der Waals surface area contributed by atoms with Crippen molar-refractivity contribution in [1.82, 2.24) is 5.23 Å². The summed E-state index contributed by atoms with van der Waals surface area (Å²) in [6.45, 7) is 5.66. The number of fused-ring (bicyclic) bond motifs is 1. The summed E-state index contributed by atoms with van der Waals surface area (Å²) in [6.07, 6.45) is -0.0237. The van der Waals surface area contributed by atoms with Gasteiger partial charge in [-0.25, -0.2) is 19.3 Å². The smallest absolute Gasteiger partial charge is 0.340 e. The average Bonchev–Trinajstić information content (AvgIpc) is 2.84. The van der Waals surface area contributed by atoms with E-state index in [9.17, 15) is 14.4 Å². The summed E-state index contributed by atoms with van der Waals surface area (Å²) in [7, 11) is 1.33. The number of esters is 2. The van der Waals surface area contributed by atoms with E-state index in [0.717, 1.165) is 5.23 Å². The first-order chi connectivity index (χ1) is 14.4. The molecule has 2 aliphatic rings. The van der Waals surface area contributed by atoms with E-state index in [-0.39, 0.29) is 43.1 Å². The second-order valence-electron chi connectivity index (χ2n) is 6.10. The lowest BCUT2D eigenvalue weighted by atomic mass is 10.1. The third-order valence-electron chi connectivity index (χ3n) is 4.23. The van der Waals surface area contributed by atoms with Crippen molar-refractivity contribution in [3.05, 3.63) is 41.0 Å². The van der Waals surface area contributed by atoms with Crippen LogP contribution in [0.1, 0.15) is 47.1 Å². The molecule has 0 spiro atoms. The summed E-state index contributed by atoms with van der Waals surface area (Å²) in [6, 6.07) is 6.58. The monoisotopic (exact) mass is 418 g/mol. The number of nitrogen functional groups attached to an aromatic ring is 1. The third kappa shape index (κ3) is 4.87. The fraction of sp³-hybridized carbons (Fsp3) is 0.381. The molecule has 9 nitrogen and oxygen atoms in total. The Kier molecular flexibility index (Phi) is 8.14. The molecule has 0 bridgehead atoms. The van der Waals surface area contributed by atoms with E-state index in [1.165, 1.54) is 7.11 Å². The zero-order valence-electron chi connectivity index (χ0n) is 17.5. The van der Waals surface area contributed by atoms with Crippen LogP contribution in [0.15, 0.2) is 24.3 Å². The van der Waals surface area contributed by atoms with E-state index in [4.69, 9.17) is 24.9 Å². The fourth-order valence-electron chi connectivity index (χ4n) is 3.01. The maximum Gasteiger partial charge on any atom is 0.340 e. The van der Waals surface area contributed by atoms with Crippen molar-refractivity contribution in [2.24, 2.45) is 0 Å². The van der Waals surface area contributed by atoms with E-state index in [1.54, 1.807) is 45.0 Å². The van der Waals surface area contributed by atoms with E-state index in [1.807, 2.05) is 0 Å². The number of amides is 1. The molecular formula is C21H26N2O7. The van der Waals surface area contributed by atoms with Crippen LogP contribution >= 0.6 is 0 Å². The summed E-state index contributed by atoms with van der Waals surface area (Å²) in [5.74, 6) is -1.69. The van der Waals surface area contributed by atoms with Crippen LogP contribution in [0.25, 0.3) is 11.1 Å². The van der Waals surface area contributed by atoms with Gasteiger partial charge in [-0.2, -0.15) is 0 Å². The SMILES string of the molecule is CCOC(=O)c1c2ccc(CC(=O)N(OC)OCC)ccc-2c(C(=O)OCC)c1N. The molecule has 1 amide bonds. The zero-order chi connectivity index (χ0) is 22.3. The quantitative estimate of drug-likeness (QED) is 0.488. The topological polar surface area (TPSA) is 117 Å². The summed E-state index contributed by atoms with van der Waals surface area (Å²) in [5.41, 5.74) is 7.80. The van der Waals surface area contributed by atoms with E-state index < -0.39 is 17.8 Å². The number of ether oxygens (including phenoxy) is 2. The number of nitrogens with two attached hydrogens (primary N) is 1. The van der Waals surface area contributed by atoms with Gasteiger partial charge in [0.05, 0.1) is 50.2 Å². The normalized spacial score (nSPS) is 10.7. The highest BCUT2D eigenvalue weighted by Gasteiger charge is 2.30. The minimum Gasteiger partial charge on any atom is -0.462 e. The molecular weight excluding hydrogens is 392 g/mol. The van der Waals surface area contributed by atoms with Gasteiger partial charge in [0.1, 0.15) is 0 Å². The van der Waals surface area contributed by atoms with Crippen LogP contribution in [-0.2, 0) is 30.4 Å². The van der Waals surface area contributed by atoms with Crippen molar-refractivity contribution >= 4 is 23.5 Å². The molecule has 0 fully saturated rings. The lowest BCUT2D eigenvalue weighted by molar-refractivity contribution is -0.327. The highest BCUT2D eigenvalue weighted by atomic mass is 16.9. The van der Waals surface area contributed by atoms with E-state index in [2.05, 4.69) is 0 Å². The average molecular weight is 418 g/mol. The number of carbonyl (C=O) groups is 3. The standard InChI is InChI=1S/C21H26N2O7/c1-5-28-20(25)17-14-10-8-13(12-16(24)23(27-4)30-7-3)9-11-15(14)18(19(17)22)21(26)29-6-2/h8-11H,5-7,12,22H2,1-4H3. The first-order valence-corrected chi connectivity index (χ1v) is 9.57. The Morgan fingerprint density at radius 3 is 1.77 bits per heavy atom. The van der Waals surface area contributed by atoms with Crippen molar-refractivity contribution in [3.8, 4) is 11.1 Å². The van der Waals surface area contributed by atoms with Gasteiger partial charge in [-0.3, -0.25) is 4.79 Å². The van der Waals surface area contributed by atoms with E-state index in [0.29, 0.717) is 16.7 Å². The molecule has 0 saturated heterocycles. The molecule has 0 unspecified atom stereocenters. The maximum absolute atomic E-state index is 12.5. The van der Waals surface area contributed by atoms with Crippen molar-refractivity contribution in [2.45, 2.75) is 27.2 Å². The molecule has 2 rings (SSSR count). The minimum absolute atomic E-state index is 0.00707. The van der Waals surface area contributed by atoms with Gasteiger partial charge in [-0.15, -0.1) is 0 Å². The number of nitrogens with zero attached hydrogens (tertiary/aromatic N) is 1. The Labute approximate surface area is 174 Å². The molecule has 0 aromatic heterocycles. The van der Waals surface area contributed by atoms with Crippen LogP contribution in [-0.4, -0.2) is 50.0 Å². The van der Waals surface area contributed by atoms with Gasteiger partial charge in [0.15, 0.2) is 0 Å². The molecule has 162 valence electrons. The van der Waals surface area contributed by atoms with Crippen molar-refractivity contribution in [1.29, 1.82) is 0 Å². The Morgan fingerprint density at radius 1 is 0.867 bits per heavy atom. The van der Waals surface area contributed by atoms with Crippen molar-refractivity contribution < 1.29 is 33.5 Å². The summed E-state index contributed by atoms with van der Waals surface area (Å²) in [5, 5.41) is 0.804. The van der Waals surface area contributed by atoms with Crippen LogP contribution in [0, 0.1) is 0 Å². The Balaban J connectivity index is 2.54. The van der Waals surface area contributed by atoms with Crippen LogP contribution in [0.3, 0.4) is 0 Å². The van der Waals surface area contributed by atoms with Gasteiger partial charge in [-0.05, 0) is 37.5 Å². The number of rotatable bonds is 9. The van der Waals surface area contributed by atoms with Crippen LogP contribution < -0.4 is 5.73 Å². The summed E-state index contributed by atoms with van der Waals surface area (Å²) < 4.78 is 10.2. The fourth-order valence-corrected chi connectivity index (χ4v) is 3.01. The number of anilines is 1. The molecule has 2 N–H and O–H groups in total. The molecule has 9 heteroatoms. The van der Waals surface area contributed by atoms with Crippen molar-refractivity contribution in [2.75, 3.05) is 32.7 Å². The second kappa shape index (κ2) is 10.6. The largest absolute Gasteiger partial charge is 0.462 e. The Bertz CT molecular complexity index is 842. The predicted octanol–water partition coefficient (Wildman–Crippen LogP) is 2.61. The third-order valence-corrected chi connectivity index (χ3v) is 4.23. The molecule has 2 aliphatic carbocycles. The summed E-state index contributed by atoms with van der Waals surface area (Å²) >= 11 is 0. The molecule has 30 heavy (non-hydrogen) atoms. The number of hydroxylamine groups is 2. The van der Waals surface area contributed by atoms with Crippen LogP contribution in [0.5, 0.6) is 0 Å². The maximum atomic E-state index is 12.5. The molecule has 0 aromatic rings. The highest BCUT2D eigenvalue weighted by molar-refractivity contribution is 6.15. The van der Waals surface area contributed by atoms with Gasteiger partial charge in [0, 0.05) is 0 Å². The molecule has 0 aromatic carbocycles. The predicted molar refractivity (Wildman–Crippen MR) is 109 cm³/mol. The van der Waals surface area contributed by atoms with Crippen LogP contribution in [0.4, 0.5) is 5.69 Å². The van der Waals surface area contributed by atoms with Crippen LogP contribution in [0.2, 0.25) is 0 Å². The number of hydrogen-bond acceptors (Lipinski definition) is 8. The number of carbonyl (C=O) groups excluding carboxylic acids is 3. The molecule has 0 saturated carbocycles. The summed E-state index contributed by atoms with van der Waals surface area (Å²) in [4.78, 5) is 47.3. The van der Waals surface area contributed by atoms with Crippen molar-refractivity contribution in [3.63, 3.8) is 0 Å². The van der Waals surface area contributed by atoms with Gasteiger partial charge >= 0.3 is 11.9 Å². The Morgan fingerprint density at radius 2 is 1.37 bits per heavy atom. The lowest BCUT2D eigenvalue weighted by Crippen LogP contribution is -2.31. The van der Waals surface area contributed by atoms with Gasteiger partial charge in [0.25, 0.3) is 5.91 Å². The zero-order valence-corrected chi connectivity index (χ0v) is 17.5. The molecule has 0 atom stereocenters. The number of hydrogen-bond donors (Lipinski definition) is 1. The first-order valence-electron chi connectivity index (χ1n) is 9.57. The van der Waals surface area contributed by atoms with Gasteiger partial charge < -0.3 is 15.2 Å². The Hall–Kier alpha value is -3.17. The molecule has 0 radical (unpaired) electrons. The van der Waals surface area contributed by atoms with Gasteiger partial charge in [-0.1, -0.05) is 29.5 Å². The van der Waals surface area contributed by atoms with Gasteiger partial charge in [0.2, 0.25) is 0 Å². The highest BCUT2D eigenvalue weighted by Crippen LogP contribution is 2.39. The second-order valence-corrected chi connectivity index (χ2v) is 6.10. The minimum atomic E-state index is -0.638.